The minimum absolute atomic E-state index is 0.341. The van der Waals surface area contributed by atoms with Crippen molar-refractivity contribution in [2.75, 3.05) is 5.75 Å². The van der Waals surface area contributed by atoms with Gasteiger partial charge in [-0.1, -0.05) is 12.8 Å². The summed E-state index contributed by atoms with van der Waals surface area (Å²) in [7, 11) is -3.49. The molecule has 1 fully saturated rings. The Morgan fingerprint density at radius 1 is 1.33 bits per heavy atom. The van der Waals surface area contributed by atoms with Crippen molar-refractivity contribution in [3.63, 3.8) is 0 Å². The fraction of sp³-hybridized carbons (Fsp3) is 0.818. The predicted molar refractivity (Wildman–Crippen MR) is 65.8 cm³/mol. The number of sulfone groups is 1. The molecule has 0 spiro atoms. The smallest absolute Gasteiger partial charge is 0.326 e. The molecule has 1 aliphatic carbocycles. The molecule has 1 unspecified atom stereocenters. The average molecular weight is 277 g/mol. The van der Waals surface area contributed by atoms with Gasteiger partial charge >= 0.3 is 5.97 Å². The van der Waals surface area contributed by atoms with Crippen molar-refractivity contribution >= 4 is 21.7 Å². The third-order valence-electron chi connectivity index (χ3n) is 2.95. The van der Waals surface area contributed by atoms with E-state index in [2.05, 4.69) is 5.32 Å². The number of carboxylic acids is 1. The van der Waals surface area contributed by atoms with Gasteiger partial charge in [0.15, 0.2) is 9.84 Å². The maximum absolute atomic E-state index is 11.5. The highest BCUT2D eigenvalue weighted by molar-refractivity contribution is 7.92. The van der Waals surface area contributed by atoms with Gasteiger partial charge in [0, 0.05) is 0 Å². The molecule has 6 nitrogen and oxygen atoms in total. The van der Waals surface area contributed by atoms with Gasteiger partial charge in [-0.2, -0.15) is 0 Å². The zero-order chi connectivity index (χ0) is 13.9. The maximum atomic E-state index is 11.5. The van der Waals surface area contributed by atoms with E-state index in [0.717, 1.165) is 12.8 Å². The minimum Gasteiger partial charge on any atom is -0.480 e. The summed E-state index contributed by atoms with van der Waals surface area (Å²) in [6.07, 6.45) is 2.33. The molecule has 0 aromatic heterocycles. The molecular weight excluding hydrogens is 258 g/mol. The lowest BCUT2D eigenvalue weighted by Crippen LogP contribution is -2.44. The van der Waals surface area contributed by atoms with Crippen molar-refractivity contribution in [3.05, 3.63) is 0 Å². The summed E-state index contributed by atoms with van der Waals surface area (Å²) in [5.74, 6) is -2.17. The number of aliphatic carboxylic acids is 1. The van der Waals surface area contributed by atoms with Crippen molar-refractivity contribution in [1.82, 2.24) is 5.32 Å². The fourth-order valence-corrected chi connectivity index (χ4v) is 2.28. The number of carbonyl (C=O) groups is 2. The quantitative estimate of drug-likeness (QED) is 0.691. The van der Waals surface area contributed by atoms with Crippen LogP contribution in [0.4, 0.5) is 0 Å². The van der Waals surface area contributed by atoms with Crippen LogP contribution in [0.5, 0.6) is 0 Å². The molecule has 0 saturated heterocycles. The first kappa shape index (κ1) is 14.9. The second-order valence-electron chi connectivity index (χ2n) is 4.99. The molecular formula is C11H19NO5S. The zero-order valence-corrected chi connectivity index (χ0v) is 11.4. The molecule has 0 aliphatic heterocycles. The Bertz CT molecular complexity index is 425. The molecule has 104 valence electrons. The van der Waals surface area contributed by atoms with Crippen molar-refractivity contribution in [1.29, 1.82) is 0 Å². The van der Waals surface area contributed by atoms with Gasteiger partial charge in [0.1, 0.15) is 11.8 Å². The first-order chi connectivity index (χ1) is 8.22. The van der Waals surface area contributed by atoms with Crippen LogP contribution in [0.2, 0.25) is 0 Å². The SMILES string of the molecule is CC(C)S(=O)(=O)CC(=O)NC(CC1CC1)C(=O)O. The summed E-state index contributed by atoms with van der Waals surface area (Å²) < 4.78 is 23.0. The summed E-state index contributed by atoms with van der Waals surface area (Å²) in [6.45, 7) is 2.98. The number of rotatable bonds is 7. The van der Waals surface area contributed by atoms with E-state index in [1.165, 1.54) is 13.8 Å². The molecule has 18 heavy (non-hydrogen) atoms. The normalized spacial score (nSPS) is 17.5. The van der Waals surface area contributed by atoms with Crippen molar-refractivity contribution in [2.24, 2.45) is 5.92 Å². The van der Waals surface area contributed by atoms with Crippen LogP contribution in [0, 0.1) is 5.92 Å². The molecule has 0 aromatic carbocycles. The lowest BCUT2D eigenvalue weighted by Gasteiger charge is -2.14. The number of hydrogen-bond acceptors (Lipinski definition) is 4. The summed E-state index contributed by atoms with van der Waals surface area (Å²) in [5.41, 5.74) is 0. The summed E-state index contributed by atoms with van der Waals surface area (Å²) in [5, 5.41) is 10.6. The Morgan fingerprint density at radius 2 is 1.89 bits per heavy atom. The van der Waals surface area contributed by atoms with Crippen molar-refractivity contribution in [2.45, 2.75) is 44.4 Å². The van der Waals surface area contributed by atoms with Crippen LogP contribution in [0.3, 0.4) is 0 Å². The maximum Gasteiger partial charge on any atom is 0.326 e. The van der Waals surface area contributed by atoms with Gasteiger partial charge in [0.05, 0.1) is 5.25 Å². The van der Waals surface area contributed by atoms with E-state index in [1.807, 2.05) is 0 Å². The van der Waals surface area contributed by atoms with E-state index >= 15 is 0 Å². The van der Waals surface area contributed by atoms with E-state index in [1.54, 1.807) is 0 Å². The first-order valence-corrected chi connectivity index (χ1v) is 7.67. The Balaban J connectivity index is 2.53. The largest absolute Gasteiger partial charge is 0.480 e. The first-order valence-electron chi connectivity index (χ1n) is 5.96. The lowest BCUT2D eigenvalue weighted by molar-refractivity contribution is -0.141. The Kier molecular flexibility index (Phi) is 4.72. The minimum atomic E-state index is -3.49. The molecule has 1 amide bonds. The fourth-order valence-electron chi connectivity index (χ4n) is 1.49. The molecule has 1 saturated carbocycles. The molecule has 7 heteroatoms. The lowest BCUT2D eigenvalue weighted by atomic mass is 10.1. The van der Waals surface area contributed by atoms with Crippen LogP contribution in [0.15, 0.2) is 0 Å². The third kappa shape index (κ3) is 4.64. The average Bonchev–Trinajstić information content (AvgIpc) is 2.99. The second-order valence-corrected chi connectivity index (χ2v) is 7.55. The number of carboxylic acid groups (broad SMARTS) is 1. The summed E-state index contributed by atoms with van der Waals surface area (Å²) in [6, 6.07) is -0.979. The highest BCUT2D eigenvalue weighted by atomic mass is 32.2. The number of hydrogen-bond donors (Lipinski definition) is 2. The van der Waals surface area contributed by atoms with Gasteiger partial charge in [-0.15, -0.1) is 0 Å². The Labute approximate surface area is 107 Å². The second kappa shape index (κ2) is 5.69. The molecule has 1 rings (SSSR count). The van der Waals surface area contributed by atoms with Gasteiger partial charge in [0.25, 0.3) is 0 Å². The van der Waals surface area contributed by atoms with E-state index in [-0.39, 0.29) is 0 Å². The third-order valence-corrected chi connectivity index (χ3v) is 5.05. The Morgan fingerprint density at radius 3 is 2.28 bits per heavy atom. The van der Waals surface area contributed by atoms with E-state index in [4.69, 9.17) is 5.11 Å². The summed E-state index contributed by atoms with van der Waals surface area (Å²) in [4.78, 5) is 22.5. The van der Waals surface area contributed by atoms with Gasteiger partial charge in [0.2, 0.25) is 5.91 Å². The summed E-state index contributed by atoms with van der Waals surface area (Å²) >= 11 is 0. The molecule has 0 aromatic rings. The van der Waals surface area contributed by atoms with Crippen molar-refractivity contribution in [3.8, 4) is 0 Å². The van der Waals surface area contributed by atoms with Crippen LogP contribution >= 0.6 is 0 Å². The Hall–Kier alpha value is -1.11. The van der Waals surface area contributed by atoms with Crippen LogP contribution in [-0.2, 0) is 19.4 Å². The van der Waals surface area contributed by atoms with Crippen LogP contribution in [0.1, 0.15) is 33.1 Å². The van der Waals surface area contributed by atoms with Crippen LogP contribution < -0.4 is 5.32 Å². The van der Waals surface area contributed by atoms with E-state index in [0.29, 0.717) is 12.3 Å². The van der Waals surface area contributed by atoms with Gasteiger partial charge in [-0.05, 0) is 26.2 Å². The van der Waals surface area contributed by atoms with E-state index < -0.39 is 38.8 Å². The van der Waals surface area contributed by atoms with Gasteiger partial charge < -0.3 is 10.4 Å². The molecule has 1 atom stereocenters. The monoisotopic (exact) mass is 277 g/mol. The van der Waals surface area contributed by atoms with E-state index in [9.17, 15) is 18.0 Å². The van der Waals surface area contributed by atoms with Crippen LogP contribution in [0.25, 0.3) is 0 Å². The molecule has 2 N–H and O–H groups in total. The molecule has 1 aliphatic rings. The highest BCUT2D eigenvalue weighted by Crippen LogP contribution is 2.33. The number of carbonyl (C=O) groups excluding carboxylic acids is 1. The predicted octanol–water partition coefficient (Wildman–Crippen LogP) is 0.179. The molecule has 0 radical (unpaired) electrons. The molecule has 0 bridgehead atoms. The highest BCUT2D eigenvalue weighted by Gasteiger charge is 2.31. The number of nitrogens with one attached hydrogen (secondary N) is 1. The molecule has 0 heterocycles. The van der Waals surface area contributed by atoms with Gasteiger partial charge in [-0.25, -0.2) is 13.2 Å². The van der Waals surface area contributed by atoms with Crippen LogP contribution in [-0.4, -0.2) is 42.4 Å². The standard InChI is InChI=1S/C11H19NO5S/c1-7(2)18(16,17)6-10(13)12-9(11(14)15)5-8-3-4-8/h7-9H,3-6H2,1-2H3,(H,12,13)(H,14,15). The van der Waals surface area contributed by atoms with Gasteiger partial charge in [-0.3, -0.25) is 4.79 Å². The number of amides is 1. The zero-order valence-electron chi connectivity index (χ0n) is 10.5. The van der Waals surface area contributed by atoms with Crippen molar-refractivity contribution < 1.29 is 23.1 Å². The topological polar surface area (TPSA) is 101 Å².